The van der Waals surface area contributed by atoms with Gasteiger partial charge in [0.2, 0.25) is 5.91 Å². The molecule has 2 aliphatic rings. The molecule has 100 valence electrons. The molecular weight excluding hydrogens is 226 g/mol. The molecule has 1 amide bonds. The number of likely N-dealkylation sites (tertiary alicyclic amines) is 1. The van der Waals surface area contributed by atoms with Crippen molar-refractivity contribution in [2.45, 2.75) is 51.0 Å². The van der Waals surface area contributed by atoms with Crippen LogP contribution in [0.4, 0.5) is 0 Å². The number of amides is 1. The van der Waals surface area contributed by atoms with E-state index in [0.717, 1.165) is 38.6 Å². The molecule has 0 aromatic carbocycles. The van der Waals surface area contributed by atoms with Gasteiger partial charge >= 0.3 is 0 Å². The summed E-state index contributed by atoms with van der Waals surface area (Å²) in [6, 6.07) is 2.69. The van der Waals surface area contributed by atoms with Crippen molar-refractivity contribution in [3.05, 3.63) is 0 Å². The monoisotopic (exact) mass is 249 g/mol. The van der Waals surface area contributed by atoms with Crippen LogP contribution in [0.3, 0.4) is 0 Å². The number of likely N-dealkylation sites (N-methyl/N-ethyl adjacent to an activating group) is 1. The minimum absolute atomic E-state index is 0.0403. The molecule has 1 saturated carbocycles. The van der Waals surface area contributed by atoms with Crippen LogP contribution in [0.5, 0.6) is 0 Å². The Bertz CT molecular complexity index is 341. The maximum Gasteiger partial charge on any atom is 0.240 e. The molecule has 1 saturated heterocycles. The first-order valence-electron chi connectivity index (χ1n) is 7.08. The smallest absolute Gasteiger partial charge is 0.240 e. The molecule has 1 heterocycles. The summed E-state index contributed by atoms with van der Waals surface area (Å²) < 4.78 is 0. The number of hydrogen-bond acceptors (Lipinski definition) is 3. The molecule has 0 aromatic rings. The van der Waals surface area contributed by atoms with Crippen LogP contribution in [-0.4, -0.2) is 37.0 Å². The Balaban J connectivity index is 1.86. The highest BCUT2D eigenvalue weighted by molar-refractivity contribution is 5.85. The van der Waals surface area contributed by atoms with E-state index in [0.29, 0.717) is 12.6 Å². The summed E-state index contributed by atoms with van der Waals surface area (Å²) in [7, 11) is 2.12. The molecule has 0 bridgehead atoms. The van der Waals surface area contributed by atoms with Gasteiger partial charge in [-0.15, -0.1) is 0 Å². The van der Waals surface area contributed by atoms with Crippen molar-refractivity contribution in [1.82, 2.24) is 10.2 Å². The summed E-state index contributed by atoms with van der Waals surface area (Å²) in [4.78, 5) is 14.5. The standard InChI is InChI=1S/C14H23N3O/c1-17-9-5-2-6-12(17)10-16-13(18)14(11-15)7-3-4-8-14/h12H,2-10H2,1H3,(H,16,18). The maximum atomic E-state index is 12.2. The molecule has 4 heteroatoms. The molecule has 1 unspecified atom stereocenters. The molecule has 2 rings (SSSR count). The number of nitrogens with zero attached hydrogens (tertiary/aromatic N) is 2. The largest absolute Gasteiger partial charge is 0.353 e. The van der Waals surface area contributed by atoms with Crippen LogP contribution in [-0.2, 0) is 4.79 Å². The van der Waals surface area contributed by atoms with Crippen LogP contribution in [0.25, 0.3) is 0 Å². The Hall–Kier alpha value is -1.08. The van der Waals surface area contributed by atoms with E-state index >= 15 is 0 Å². The fourth-order valence-corrected chi connectivity index (χ4v) is 3.15. The third-order valence-electron chi connectivity index (χ3n) is 4.53. The predicted octanol–water partition coefficient (Wildman–Crippen LogP) is 1.67. The van der Waals surface area contributed by atoms with Crippen molar-refractivity contribution in [1.29, 1.82) is 5.26 Å². The van der Waals surface area contributed by atoms with Gasteiger partial charge in [0, 0.05) is 12.6 Å². The summed E-state index contributed by atoms with van der Waals surface area (Å²) in [6.45, 7) is 1.81. The number of carbonyl (C=O) groups is 1. The van der Waals surface area contributed by atoms with E-state index in [1.807, 2.05) is 0 Å². The lowest BCUT2D eigenvalue weighted by Gasteiger charge is -2.33. The van der Waals surface area contributed by atoms with Gasteiger partial charge in [0.05, 0.1) is 6.07 Å². The zero-order valence-corrected chi connectivity index (χ0v) is 11.2. The number of nitriles is 1. The summed E-state index contributed by atoms with van der Waals surface area (Å²) >= 11 is 0. The van der Waals surface area contributed by atoms with E-state index in [4.69, 9.17) is 0 Å². The van der Waals surface area contributed by atoms with Crippen LogP contribution in [0.1, 0.15) is 44.9 Å². The van der Waals surface area contributed by atoms with Gasteiger partial charge in [-0.05, 0) is 39.3 Å². The van der Waals surface area contributed by atoms with E-state index in [1.54, 1.807) is 0 Å². The molecule has 0 aromatic heterocycles. The third kappa shape index (κ3) is 2.67. The zero-order chi connectivity index (χ0) is 13.0. The average Bonchev–Trinajstić information content (AvgIpc) is 2.87. The van der Waals surface area contributed by atoms with Crippen molar-refractivity contribution in [3.63, 3.8) is 0 Å². The van der Waals surface area contributed by atoms with Crippen molar-refractivity contribution in [2.24, 2.45) is 5.41 Å². The Morgan fingerprint density at radius 3 is 2.72 bits per heavy atom. The first kappa shape index (κ1) is 13.4. The molecule has 0 radical (unpaired) electrons. The van der Waals surface area contributed by atoms with Gasteiger partial charge in [-0.3, -0.25) is 4.79 Å². The molecule has 1 aliphatic carbocycles. The fourth-order valence-electron chi connectivity index (χ4n) is 3.15. The second-order valence-corrected chi connectivity index (χ2v) is 5.74. The molecule has 4 nitrogen and oxygen atoms in total. The quantitative estimate of drug-likeness (QED) is 0.827. The van der Waals surface area contributed by atoms with Crippen molar-refractivity contribution in [2.75, 3.05) is 20.1 Å². The molecule has 1 atom stereocenters. The van der Waals surface area contributed by atoms with Crippen LogP contribution in [0.2, 0.25) is 0 Å². The highest BCUT2D eigenvalue weighted by Gasteiger charge is 2.41. The van der Waals surface area contributed by atoms with Gasteiger partial charge in [0.1, 0.15) is 5.41 Å². The third-order valence-corrected chi connectivity index (χ3v) is 4.53. The van der Waals surface area contributed by atoms with E-state index in [2.05, 4.69) is 23.3 Å². The maximum absolute atomic E-state index is 12.2. The lowest BCUT2D eigenvalue weighted by atomic mass is 9.87. The topological polar surface area (TPSA) is 56.1 Å². The van der Waals surface area contributed by atoms with Crippen LogP contribution >= 0.6 is 0 Å². The number of piperidine rings is 1. The minimum atomic E-state index is -0.729. The lowest BCUT2D eigenvalue weighted by Crippen LogP contribution is -2.47. The summed E-state index contributed by atoms with van der Waals surface area (Å²) in [5.74, 6) is -0.0403. The van der Waals surface area contributed by atoms with Gasteiger partial charge in [-0.25, -0.2) is 0 Å². The first-order chi connectivity index (χ1) is 8.68. The second kappa shape index (κ2) is 5.71. The highest BCUT2D eigenvalue weighted by atomic mass is 16.2. The highest BCUT2D eigenvalue weighted by Crippen LogP contribution is 2.37. The van der Waals surface area contributed by atoms with Gasteiger partial charge in [0.15, 0.2) is 0 Å². The molecule has 18 heavy (non-hydrogen) atoms. The molecule has 2 fully saturated rings. The average molecular weight is 249 g/mol. The van der Waals surface area contributed by atoms with Crippen molar-refractivity contribution >= 4 is 5.91 Å². The van der Waals surface area contributed by atoms with Crippen molar-refractivity contribution < 1.29 is 4.79 Å². The first-order valence-corrected chi connectivity index (χ1v) is 7.08. The number of carbonyl (C=O) groups excluding carboxylic acids is 1. The Labute approximate surface area is 109 Å². The van der Waals surface area contributed by atoms with Gasteiger partial charge in [-0.1, -0.05) is 19.3 Å². The van der Waals surface area contributed by atoms with Gasteiger partial charge in [-0.2, -0.15) is 5.26 Å². The SMILES string of the molecule is CN1CCCCC1CNC(=O)C1(C#N)CCCC1. The molecular formula is C14H23N3O. The second-order valence-electron chi connectivity index (χ2n) is 5.74. The Morgan fingerprint density at radius 1 is 1.39 bits per heavy atom. The van der Waals surface area contributed by atoms with Gasteiger partial charge < -0.3 is 10.2 Å². The minimum Gasteiger partial charge on any atom is -0.353 e. The lowest BCUT2D eigenvalue weighted by molar-refractivity contribution is -0.128. The zero-order valence-electron chi connectivity index (χ0n) is 11.2. The van der Waals surface area contributed by atoms with E-state index in [9.17, 15) is 10.1 Å². The Morgan fingerprint density at radius 2 is 2.11 bits per heavy atom. The predicted molar refractivity (Wildman–Crippen MR) is 69.8 cm³/mol. The van der Waals surface area contributed by atoms with E-state index < -0.39 is 5.41 Å². The van der Waals surface area contributed by atoms with Crippen LogP contribution < -0.4 is 5.32 Å². The summed E-state index contributed by atoms with van der Waals surface area (Å²) in [6.07, 6.45) is 7.12. The summed E-state index contributed by atoms with van der Waals surface area (Å²) in [5, 5.41) is 12.3. The van der Waals surface area contributed by atoms with Crippen LogP contribution in [0.15, 0.2) is 0 Å². The van der Waals surface area contributed by atoms with Crippen molar-refractivity contribution in [3.8, 4) is 6.07 Å². The van der Waals surface area contributed by atoms with Crippen LogP contribution in [0, 0.1) is 16.7 Å². The molecule has 0 spiro atoms. The number of nitrogens with one attached hydrogen (secondary N) is 1. The normalized spacial score (nSPS) is 27.7. The van der Waals surface area contributed by atoms with Gasteiger partial charge in [0.25, 0.3) is 0 Å². The summed E-state index contributed by atoms with van der Waals surface area (Å²) in [5.41, 5.74) is -0.729. The molecule has 1 aliphatic heterocycles. The Kier molecular flexibility index (Phi) is 4.23. The van der Waals surface area contributed by atoms with E-state index in [1.165, 1.54) is 12.8 Å². The number of hydrogen-bond donors (Lipinski definition) is 1. The van der Waals surface area contributed by atoms with E-state index in [-0.39, 0.29) is 5.91 Å². The molecule has 1 N–H and O–H groups in total. The fraction of sp³-hybridized carbons (Fsp3) is 0.857. The number of rotatable bonds is 3.